The summed E-state index contributed by atoms with van der Waals surface area (Å²) < 4.78 is 5.41. The van der Waals surface area contributed by atoms with Crippen molar-refractivity contribution in [1.82, 2.24) is 5.06 Å². The molecule has 1 heterocycles. The lowest BCUT2D eigenvalue weighted by Crippen LogP contribution is -2.33. The fourth-order valence-corrected chi connectivity index (χ4v) is 1.56. The van der Waals surface area contributed by atoms with Gasteiger partial charge in [-0.2, -0.15) is 0 Å². The van der Waals surface area contributed by atoms with Crippen LogP contribution in [0.25, 0.3) is 0 Å². The van der Waals surface area contributed by atoms with Crippen molar-refractivity contribution in [3.8, 4) is 0 Å². The van der Waals surface area contributed by atoms with E-state index in [0.717, 1.165) is 0 Å². The molecule has 7 heteroatoms. The molecule has 108 valence electrons. The topological polar surface area (TPSA) is 93.1 Å². The molecule has 1 aliphatic rings. The minimum Gasteiger partial charge on any atom is -0.396 e. The number of amides is 2. The molecule has 0 aromatic rings. The van der Waals surface area contributed by atoms with Crippen molar-refractivity contribution in [2.24, 2.45) is 0 Å². The third-order valence-electron chi connectivity index (χ3n) is 2.71. The van der Waals surface area contributed by atoms with Gasteiger partial charge in [0, 0.05) is 19.4 Å². The molecule has 0 aliphatic carbocycles. The number of hydrogen-bond acceptors (Lipinski definition) is 6. The number of aliphatic hydroxyl groups excluding tert-OH is 1. The molecular formula is C12H19NO6. The van der Waals surface area contributed by atoms with Gasteiger partial charge in [0.15, 0.2) is 0 Å². The molecule has 1 rings (SSSR count). The summed E-state index contributed by atoms with van der Waals surface area (Å²) in [6.45, 7) is 3.68. The van der Waals surface area contributed by atoms with E-state index < -0.39 is 23.4 Å². The number of carbonyl (C=O) groups excluding carboxylic acids is 3. The maximum atomic E-state index is 11.4. The number of aliphatic hydroxyl groups is 1. The summed E-state index contributed by atoms with van der Waals surface area (Å²) >= 11 is 0. The summed E-state index contributed by atoms with van der Waals surface area (Å²) in [6, 6.07) is 0. The van der Waals surface area contributed by atoms with Gasteiger partial charge in [0.2, 0.25) is 0 Å². The van der Waals surface area contributed by atoms with Crippen LogP contribution >= 0.6 is 0 Å². The summed E-state index contributed by atoms with van der Waals surface area (Å²) in [4.78, 5) is 38.5. The van der Waals surface area contributed by atoms with Crippen LogP contribution in [0.1, 0.15) is 39.5 Å². The third kappa shape index (κ3) is 4.96. The van der Waals surface area contributed by atoms with E-state index >= 15 is 0 Å². The van der Waals surface area contributed by atoms with Crippen molar-refractivity contribution in [1.29, 1.82) is 0 Å². The Morgan fingerprint density at radius 1 is 1.32 bits per heavy atom. The maximum Gasteiger partial charge on any atom is 0.335 e. The minimum absolute atomic E-state index is 0.00573. The molecule has 7 nitrogen and oxygen atoms in total. The second-order valence-corrected chi connectivity index (χ2v) is 4.88. The molecule has 0 unspecified atom stereocenters. The van der Waals surface area contributed by atoms with E-state index in [1.807, 2.05) is 0 Å². The first kappa shape index (κ1) is 15.6. The summed E-state index contributed by atoms with van der Waals surface area (Å²) in [5.41, 5.74) is -0.533. The Bertz CT molecular complexity index is 349. The lowest BCUT2D eigenvalue weighted by Gasteiger charge is -2.24. The van der Waals surface area contributed by atoms with Gasteiger partial charge in [0.05, 0.1) is 18.6 Å². The van der Waals surface area contributed by atoms with E-state index in [4.69, 9.17) is 9.84 Å². The lowest BCUT2D eigenvalue weighted by atomic mass is 10.1. The van der Waals surface area contributed by atoms with Gasteiger partial charge >= 0.3 is 5.97 Å². The zero-order valence-corrected chi connectivity index (χ0v) is 11.2. The molecule has 2 amide bonds. The Hall–Kier alpha value is -1.47. The van der Waals surface area contributed by atoms with Crippen molar-refractivity contribution in [2.45, 2.75) is 45.1 Å². The number of hydrogen-bond donors (Lipinski definition) is 1. The number of hydroxylamine groups is 2. The Kier molecular flexibility index (Phi) is 5.44. The van der Waals surface area contributed by atoms with E-state index in [-0.39, 0.29) is 32.5 Å². The van der Waals surface area contributed by atoms with Crippen LogP contribution in [0.3, 0.4) is 0 Å². The Balaban J connectivity index is 2.29. The van der Waals surface area contributed by atoms with Crippen LogP contribution in [0.4, 0.5) is 0 Å². The number of rotatable bonds is 7. The molecule has 0 aromatic carbocycles. The molecule has 1 saturated heterocycles. The number of nitrogens with zero attached hydrogens (tertiary/aromatic N) is 1. The molecule has 0 saturated carbocycles. The van der Waals surface area contributed by atoms with Gasteiger partial charge in [-0.25, -0.2) is 4.79 Å². The standard InChI is InChI=1S/C12H19NO6/c1-12(2,6-7-14)18-8-5-11(17)19-13-9(15)3-4-10(13)16/h14H,3-8H2,1-2H3. The quantitative estimate of drug-likeness (QED) is 0.664. The lowest BCUT2D eigenvalue weighted by molar-refractivity contribution is -0.198. The summed E-state index contributed by atoms with van der Waals surface area (Å²) in [7, 11) is 0. The SMILES string of the molecule is CC(C)(CCO)OCCC(=O)ON1C(=O)CCC1=O. The van der Waals surface area contributed by atoms with Crippen LogP contribution in [0.5, 0.6) is 0 Å². The molecule has 0 spiro atoms. The van der Waals surface area contributed by atoms with Crippen LogP contribution in [0.15, 0.2) is 0 Å². The normalized spacial score (nSPS) is 16.1. The van der Waals surface area contributed by atoms with E-state index in [1.54, 1.807) is 13.8 Å². The van der Waals surface area contributed by atoms with Crippen molar-refractivity contribution in [2.75, 3.05) is 13.2 Å². The van der Waals surface area contributed by atoms with Crippen molar-refractivity contribution < 1.29 is 29.1 Å². The number of ether oxygens (including phenoxy) is 1. The molecule has 0 bridgehead atoms. The first-order chi connectivity index (χ1) is 8.85. The first-order valence-corrected chi connectivity index (χ1v) is 6.17. The van der Waals surface area contributed by atoms with E-state index in [1.165, 1.54) is 0 Å². The fraction of sp³-hybridized carbons (Fsp3) is 0.750. The highest BCUT2D eigenvalue weighted by molar-refractivity contribution is 6.01. The smallest absolute Gasteiger partial charge is 0.335 e. The van der Waals surface area contributed by atoms with E-state index in [9.17, 15) is 14.4 Å². The zero-order chi connectivity index (χ0) is 14.5. The van der Waals surface area contributed by atoms with E-state index in [2.05, 4.69) is 4.84 Å². The van der Waals surface area contributed by atoms with Gasteiger partial charge in [-0.05, 0) is 20.3 Å². The third-order valence-corrected chi connectivity index (χ3v) is 2.71. The van der Waals surface area contributed by atoms with Crippen molar-refractivity contribution in [3.05, 3.63) is 0 Å². The van der Waals surface area contributed by atoms with E-state index in [0.29, 0.717) is 11.5 Å². The molecule has 1 aliphatic heterocycles. The average Bonchev–Trinajstić information content (AvgIpc) is 2.60. The number of imide groups is 1. The molecule has 1 fully saturated rings. The Labute approximate surface area is 111 Å². The van der Waals surface area contributed by atoms with Gasteiger partial charge in [0.25, 0.3) is 11.8 Å². The highest BCUT2D eigenvalue weighted by Crippen LogP contribution is 2.15. The van der Waals surface area contributed by atoms with Crippen molar-refractivity contribution in [3.63, 3.8) is 0 Å². The van der Waals surface area contributed by atoms with Gasteiger partial charge in [-0.1, -0.05) is 0 Å². The second-order valence-electron chi connectivity index (χ2n) is 4.88. The highest BCUT2D eigenvalue weighted by atomic mass is 16.7. The van der Waals surface area contributed by atoms with Crippen LogP contribution in [-0.2, 0) is 24.0 Å². The van der Waals surface area contributed by atoms with Gasteiger partial charge < -0.3 is 14.7 Å². The van der Waals surface area contributed by atoms with Gasteiger partial charge in [-0.3, -0.25) is 9.59 Å². The largest absolute Gasteiger partial charge is 0.396 e. The van der Waals surface area contributed by atoms with Crippen LogP contribution < -0.4 is 0 Å². The van der Waals surface area contributed by atoms with Gasteiger partial charge in [-0.15, -0.1) is 5.06 Å². The molecule has 0 atom stereocenters. The molecule has 0 radical (unpaired) electrons. The summed E-state index contributed by atoms with van der Waals surface area (Å²) in [6.07, 6.45) is 0.537. The molecule has 1 N–H and O–H groups in total. The van der Waals surface area contributed by atoms with Crippen LogP contribution in [0, 0.1) is 0 Å². The van der Waals surface area contributed by atoms with Crippen molar-refractivity contribution >= 4 is 17.8 Å². The Morgan fingerprint density at radius 3 is 2.42 bits per heavy atom. The summed E-state index contributed by atoms with van der Waals surface area (Å²) in [5.74, 6) is -1.69. The van der Waals surface area contributed by atoms with Crippen LogP contribution in [0.2, 0.25) is 0 Å². The zero-order valence-electron chi connectivity index (χ0n) is 11.2. The maximum absolute atomic E-state index is 11.4. The Morgan fingerprint density at radius 2 is 1.89 bits per heavy atom. The summed E-state index contributed by atoms with van der Waals surface area (Å²) in [5, 5.41) is 9.32. The number of carbonyl (C=O) groups is 3. The fourth-order valence-electron chi connectivity index (χ4n) is 1.56. The van der Waals surface area contributed by atoms with Crippen LogP contribution in [-0.4, -0.2) is 46.8 Å². The highest BCUT2D eigenvalue weighted by Gasteiger charge is 2.32. The first-order valence-electron chi connectivity index (χ1n) is 6.17. The minimum atomic E-state index is -0.691. The van der Waals surface area contributed by atoms with Gasteiger partial charge in [0.1, 0.15) is 0 Å². The second kappa shape index (κ2) is 6.63. The average molecular weight is 273 g/mol. The predicted octanol–water partition coefficient (Wildman–Crippen LogP) is 0.161. The molecule has 0 aromatic heterocycles. The molecule has 19 heavy (non-hydrogen) atoms. The monoisotopic (exact) mass is 273 g/mol. The molecular weight excluding hydrogens is 254 g/mol. The predicted molar refractivity (Wildman–Crippen MR) is 63.5 cm³/mol.